The zero-order valence-corrected chi connectivity index (χ0v) is 25.6. The highest BCUT2D eigenvalue weighted by Gasteiger charge is 2.17. The van der Waals surface area contributed by atoms with Crippen LogP contribution < -0.4 is 4.90 Å². The lowest BCUT2D eigenvalue weighted by atomic mass is 10.1. The highest BCUT2D eigenvalue weighted by Crippen LogP contribution is 2.41. The first-order valence-corrected chi connectivity index (χ1v) is 15.2. The van der Waals surface area contributed by atoms with Crippen LogP contribution in [0.15, 0.2) is 154 Å². The van der Waals surface area contributed by atoms with E-state index in [9.17, 15) is 15.3 Å². The summed E-state index contributed by atoms with van der Waals surface area (Å²) in [6.45, 7) is 0.885. The first-order chi connectivity index (χ1) is 23.5. The zero-order valence-electron chi connectivity index (χ0n) is 25.6. The van der Waals surface area contributed by atoms with E-state index in [0.29, 0.717) is 41.2 Å². The van der Waals surface area contributed by atoms with Crippen molar-refractivity contribution in [2.45, 2.75) is 13.1 Å². The molecule has 0 aliphatic rings. The molecule has 3 N–H and O–H groups in total. The number of phenolic OH excluding ortho intramolecular Hbond substituents is 3. The van der Waals surface area contributed by atoms with Crippen molar-refractivity contribution < 1.29 is 15.3 Å². The smallest absolute Gasteiger partial charge is 0.143 e. The molecule has 0 unspecified atom stereocenters. The Kier molecular flexibility index (Phi) is 8.35. The third-order valence-electron chi connectivity index (χ3n) is 7.82. The Morgan fingerprint density at radius 2 is 1.12 bits per heavy atom. The highest BCUT2D eigenvalue weighted by atomic mass is 16.3. The standard InChI is InChI=1S/C38H29N7O3/c46-30-15-11-26-13-18-36(48)38(32(26)22-30)44-42-33-21-27(41-43-37-31-10-2-1-7-25(31)12-17-35(37)47)14-16-34(33)45(23-28-8-3-5-19-39-28)24-29-9-4-6-20-40-29/h1-22,46-48H,23-24H2/b43-41+,44-42+. The Balaban J connectivity index is 1.35. The second kappa shape index (κ2) is 13.4. The van der Waals surface area contributed by atoms with E-state index in [1.54, 1.807) is 54.9 Å². The van der Waals surface area contributed by atoms with E-state index < -0.39 is 0 Å². The molecule has 10 nitrogen and oxygen atoms in total. The van der Waals surface area contributed by atoms with E-state index in [1.165, 1.54) is 0 Å². The van der Waals surface area contributed by atoms with E-state index in [1.807, 2.05) is 78.9 Å². The summed E-state index contributed by atoms with van der Waals surface area (Å²) in [5, 5.41) is 52.7. The number of azo groups is 2. The molecule has 10 heteroatoms. The molecule has 0 atom stereocenters. The molecule has 0 fully saturated rings. The molecule has 7 rings (SSSR count). The topological polar surface area (TPSA) is 139 Å². The van der Waals surface area contributed by atoms with Crippen LogP contribution in [0.2, 0.25) is 0 Å². The molecular weight excluding hydrogens is 602 g/mol. The van der Waals surface area contributed by atoms with Crippen molar-refractivity contribution in [3.05, 3.63) is 145 Å². The van der Waals surface area contributed by atoms with E-state index in [2.05, 4.69) is 35.3 Å². The van der Waals surface area contributed by atoms with Gasteiger partial charge < -0.3 is 20.2 Å². The Morgan fingerprint density at radius 3 is 1.81 bits per heavy atom. The monoisotopic (exact) mass is 631 g/mol. The van der Waals surface area contributed by atoms with Gasteiger partial charge in [-0.05, 0) is 77.5 Å². The van der Waals surface area contributed by atoms with Crippen molar-refractivity contribution in [2.75, 3.05) is 4.90 Å². The maximum atomic E-state index is 10.8. The molecule has 0 saturated heterocycles. The van der Waals surface area contributed by atoms with Gasteiger partial charge in [-0.2, -0.15) is 5.11 Å². The van der Waals surface area contributed by atoms with Gasteiger partial charge in [-0.25, -0.2) is 0 Å². The van der Waals surface area contributed by atoms with Crippen LogP contribution >= 0.6 is 0 Å². The minimum absolute atomic E-state index is 0.0144. The second-order valence-electron chi connectivity index (χ2n) is 11.1. The number of anilines is 1. The van der Waals surface area contributed by atoms with Crippen LogP contribution in [0.25, 0.3) is 21.5 Å². The van der Waals surface area contributed by atoms with Crippen LogP contribution in [0, 0.1) is 0 Å². The summed E-state index contributed by atoms with van der Waals surface area (Å²) in [6.07, 6.45) is 3.50. The Bertz CT molecular complexity index is 2250. The lowest BCUT2D eigenvalue weighted by molar-refractivity contribution is 0.475. The predicted octanol–water partition coefficient (Wildman–Crippen LogP) is 9.94. The lowest BCUT2D eigenvalue weighted by Gasteiger charge is -2.25. The molecule has 7 aromatic rings. The first kappa shape index (κ1) is 30.0. The molecule has 2 heterocycles. The minimum atomic E-state index is -0.0838. The van der Waals surface area contributed by atoms with Gasteiger partial charge in [-0.3, -0.25) is 9.97 Å². The molecule has 0 aliphatic heterocycles. The summed E-state index contributed by atoms with van der Waals surface area (Å²) in [4.78, 5) is 11.2. The molecule has 0 saturated carbocycles. The third-order valence-corrected chi connectivity index (χ3v) is 7.82. The molecule has 5 aromatic carbocycles. The number of pyridine rings is 2. The van der Waals surface area contributed by atoms with Crippen molar-refractivity contribution in [1.29, 1.82) is 0 Å². The van der Waals surface area contributed by atoms with Crippen molar-refractivity contribution in [1.82, 2.24) is 9.97 Å². The van der Waals surface area contributed by atoms with Gasteiger partial charge in [-0.15, -0.1) is 15.3 Å². The van der Waals surface area contributed by atoms with E-state index in [0.717, 1.165) is 27.5 Å². The number of aromatic hydroxyl groups is 3. The van der Waals surface area contributed by atoms with Gasteiger partial charge in [0.2, 0.25) is 0 Å². The molecule has 0 spiro atoms. The van der Waals surface area contributed by atoms with Crippen LogP contribution in [0.1, 0.15) is 11.4 Å². The number of phenols is 3. The Morgan fingerprint density at radius 1 is 0.521 bits per heavy atom. The van der Waals surface area contributed by atoms with Gasteiger partial charge in [0.05, 0.1) is 35.9 Å². The summed E-state index contributed by atoms with van der Waals surface area (Å²) in [5.74, 6) is -0.0266. The molecule has 234 valence electrons. The van der Waals surface area contributed by atoms with Gasteiger partial charge in [0, 0.05) is 23.2 Å². The van der Waals surface area contributed by atoms with Crippen LogP contribution in [0.4, 0.5) is 28.4 Å². The van der Waals surface area contributed by atoms with Gasteiger partial charge in [-0.1, -0.05) is 54.6 Å². The first-order valence-electron chi connectivity index (χ1n) is 15.2. The summed E-state index contributed by atoms with van der Waals surface area (Å²) >= 11 is 0. The molecular formula is C38H29N7O3. The average Bonchev–Trinajstić information content (AvgIpc) is 3.11. The van der Waals surface area contributed by atoms with Crippen molar-refractivity contribution in [3.8, 4) is 17.2 Å². The normalized spacial score (nSPS) is 11.6. The lowest BCUT2D eigenvalue weighted by Crippen LogP contribution is -2.23. The van der Waals surface area contributed by atoms with Crippen LogP contribution in [0.5, 0.6) is 17.2 Å². The quantitative estimate of drug-likeness (QED) is 0.136. The second-order valence-corrected chi connectivity index (χ2v) is 11.1. The number of nitrogens with zero attached hydrogens (tertiary/aromatic N) is 7. The third kappa shape index (κ3) is 6.49. The van der Waals surface area contributed by atoms with Crippen LogP contribution in [-0.4, -0.2) is 25.3 Å². The van der Waals surface area contributed by atoms with Crippen LogP contribution in [-0.2, 0) is 13.1 Å². The molecule has 48 heavy (non-hydrogen) atoms. The van der Waals surface area contributed by atoms with E-state index in [-0.39, 0.29) is 22.9 Å². The Hall–Kier alpha value is -6.68. The number of rotatable bonds is 9. The van der Waals surface area contributed by atoms with Gasteiger partial charge in [0.15, 0.2) is 0 Å². The fraction of sp³-hybridized carbons (Fsp3) is 0.0526. The maximum Gasteiger partial charge on any atom is 0.143 e. The van der Waals surface area contributed by atoms with Crippen molar-refractivity contribution >= 4 is 50.0 Å². The fourth-order valence-electron chi connectivity index (χ4n) is 5.47. The maximum absolute atomic E-state index is 10.8. The van der Waals surface area contributed by atoms with Gasteiger partial charge >= 0.3 is 0 Å². The van der Waals surface area contributed by atoms with Crippen molar-refractivity contribution in [2.24, 2.45) is 20.5 Å². The molecule has 2 aromatic heterocycles. The van der Waals surface area contributed by atoms with E-state index >= 15 is 0 Å². The SMILES string of the molecule is Oc1ccc2ccc(O)c(/N=N/c3cc(/N=N/c4c(O)ccc5ccccc45)ccc3N(Cc3ccccn3)Cc3ccccn3)c2c1. The number of hydrogen-bond donors (Lipinski definition) is 3. The zero-order chi connectivity index (χ0) is 32.9. The highest BCUT2D eigenvalue weighted by molar-refractivity contribution is 5.96. The summed E-state index contributed by atoms with van der Waals surface area (Å²) < 4.78 is 0. The molecule has 0 amide bonds. The van der Waals surface area contributed by atoms with Gasteiger partial charge in [0.1, 0.15) is 34.3 Å². The largest absolute Gasteiger partial charge is 0.508 e. The Labute approximate surface area is 275 Å². The average molecular weight is 632 g/mol. The molecule has 0 radical (unpaired) electrons. The minimum Gasteiger partial charge on any atom is -0.508 e. The summed E-state index contributed by atoms with van der Waals surface area (Å²) in [5.41, 5.74) is 3.87. The van der Waals surface area contributed by atoms with E-state index in [4.69, 9.17) is 0 Å². The van der Waals surface area contributed by atoms with Crippen molar-refractivity contribution in [3.63, 3.8) is 0 Å². The van der Waals surface area contributed by atoms with Gasteiger partial charge in [0.25, 0.3) is 0 Å². The fourth-order valence-corrected chi connectivity index (χ4v) is 5.47. The molecule has 0 aliphatic carbocycles. The number of benzene rings is 5. The number of fused-ring (bicyclic) bond motifs is 2. The molecule has 0 bridgehead atoms. The predicted molar refractivity (Wildman–Crippen MR) is 186 cm³/mol. The number of hydrogen-bond acceptors (Lipinski definition) is 10. The van der Waals surface area contributed by atoms with Crippen LogP contribution in [0.3, 0.4) is 0 Å². The summed E-state index contributed by atoms with van der Waals surface area (Å²) in [7, 11) is 0. The summed E-state index contributed by atoms with van der Waals surface area (Å²) in [6, 6.07) is 36.2. The number of aromatic nitrogens is 2.